The molecule has 0 N–H and O–H groups in total. The van der Waals surface area contributed by atoms with Crippen LogP contribution in [0, 0.1) is 5.92 Å². The molecule has 1 aromatic carbocycles. The zero-order valence-electron chi connectivity index (χ0n) is 15.5. The van der Waals surface area contributed by atoms with Crippen molar-refractivity contribution in [2.45, 2.75) is 25.9 Å². The number of hydrogen-bond donors (Lipinski definition) is 0. The van der Waals surface area contributed by atoms with Crippen molar-refractivity contribution in [2.24, 2.45) is 5.92 Å². The molecule has 0 unspecified atom stereocenters. The normalized spacial score (nSPS) is 16.5. The van der Waals surface area contributed by atoms with Crippen LogP contribution in [0.4, 0.5) is 0 Å². The number of nitrogens with zero attached hydrogens (tertiary/aromatic N) is 5. The summed E-state index contributed by atoms with van der Waals surface area (Å²) in [5, 5.41) is 4.16. The molecule has 4 rings (SSSR count). The molecule has 1 aliphatic heterocycles. The van der Waals surface area contributed by atoms with E-state index in [-0.39, 0.29) is 0 Å². The summed E-state index contributed by atoms with van der Waals surface area (Å²) in [6, 6.07) is 15.1. The number of aromatic nitrogens is 3. The average molecular weight is 349 g/mol. The van der Waals surface area contributed by atoms with E-state index in [1.54, 1.807) is 6.33 Å². The summed E-state index contributed by atoms with van der Waals surface area (Å²) >= 11 is 0. The van der Waals surface area contributed by atoms with Gasteiger partial charge in [-0.1, -0.05) is 30.3 Å². The fourth-order valence-electron chi connectivity index (χ4n) is 3.94. The van der Waals surface area contributed by atoms with Crippen LogP contribution in [0.3, 0.4) is 0 Å². The van der Waals surface area contributed by atoms with Crippen molar-refractivity contribution in [1.82, 2.24) is 24.4 Å². The first-order chi connectivity index (χ1) is 12.8. The van der Waals surface area contributed by atoms with Gasteiger partial charge in [0.15, 0.2) is 5.65 Å². The Balaban J connectivity index is 1.24. The molecule has 5 heteroatoms. The highest BCUT2D eigenvalue weighted by atomic mass is 15.3. The lowest BCUT2D eigenvalue weighted by Gasteiger charge is -2.34. The molecule has 3 aromatic rings. The minimum atomic E-state index is 0.795. The third-order valence-corrected chi connectivity index (χ3v) is 5.32. The van der Waals surface area contributed by atoms with Crippen LogP contribution in [-0.4, -0.2) is 51.1 Å². The van der Waals surface area contributed by atoms with Crippen LogP contribution in [0.2, 0.25) is 0 Å². The van der Waals surface area contributed by atoms with E-state index in [2.05, 4.69) is 69.4 Å². The highest BCUT2D eigenvalue weighted by Crippen LogP contribution is 2.20. The standard InChI is InChI=1S/C21H27N5/c1-24(15-20-9-12-26-21(13-20)22-17-23-26)14-19-7-10-25(11-8-19)16-18-5-3-2-4-6-18/h2-6,9,12-13,17,19H,7-8,10-11,14-16H2,1H3. The first-order valence-corrected chi connectivity index (χ1v) is 9.49. The van der Waals surface area contributed by atoms with Crippen molar-refractivity contribution in [2.75, 3.05) is 26.7 Å². The summed E-state index contributed by atoms with van der Waals surface area (Å²) in [6.07, 6.45) is 6.18. The molecule has 0 spiro atoms. The number of piperidine rings is 1. The number of hydrogen-bond acceptors (Lipinski definition) is 4. The lowest BCUT2D eigenvalue weighted by Crippen LogP contribution is -2.37. The van der Waals surface area contributed by atoms with Gasteiger partial charge in [-0.15, -0.1) is 0 Å². The second-order valence-electron chi connectivity index (χ2n) is 7.50. The second-order valence-corrected chi connectivity index (χ2v) is 7.50. The molecule has 1 saturated heterocycles. The highest BCUT2D eigenvalue weighted by molar-refractivity contribution is 5.39. The quantitative estimate of drug-likeness (QED) is 0.685. The molecule has 2 aromatic heterocycles. The molecule has 0 bridgehead atoms. The molecule has 1 aliphatic rings. The Hall–Kier alpha value is -2.24. The van der Waals surface area contributed by atoms with Gasteiger partial charge in [0.2, 0.25) is 0 Å². The third kappa shape index (κ3) is 4.29. The number of benzene rings is 1. The van der Waals surface area contributed by atoms with Gasteiger partial charge in [-0.05, 0) is 62.2 Å². The third-order valence-electron chi connectivity index (χ3n) is 5.32. The maximum atomic E-state index is 4.27. The lowest BCUT2D eigenvalue weighted by atomic mass is 9.96. The van der Waals surface area contributed by atoms with E-state index < -0.39 is 0 Å². The van der Waals surface area contributed by atoms with E-state index in [1.807, 2.05) is 10.7 Å². The van der Waals surface area contributed by atoms with Crippen LogP contribution < -0.4 is 0 Å². The number of likely N-dealkylation sites (tertiary alicyclic amines) is 1. The molecule has 0 radical (unpaired) electrons. The molecule has 3 heterocycles. The van der Waals surface area contributed by atoms with Crippen LogP contribution in [0.25, 0.3) is 5.65 Å². The van der Waals surface area contributed by atoms with Crippen molar-refractivity contribution in [3.05, 3.63) is 66.1 Å². The summed E-state index contributed by atoms with van der Waals surface area (Å²) in [6.45, 7) is 5.63. The zero-order valence-corrected chi connectivity index (χ0v) is 15.5. The Morgan fingerprint density at radius 1 is 1.08 bits per heavy atom. The Morgan fingerprint density at radius 2 is 1.88 bits per heavy atom. The van der Waals surface area contributed by atoms with Gasteiger partial charge in [0.25, 0.3) is 0 Å². The van der Waals surface area contributed by atoms with Crippen LogP contribution in [-0.2, 0) is 13.1 Å². The first kappa shape index (κ1) is 17.2. The minimum Gasteiger partial charge on any atom is -0.302 e. The molecule has 26 heavy (non-hydrogen) atoms. The van der Waals surface area contributed by atoms with Gasteiger partial charge in [0, 0.05) is 25.8 Å². The maximum Gasteiger partial charge on any atom is 0.155 e. The van der Waals surface area contributed by atoms with E-state index in [0.717, 1.165) is 31.2 Å². The maximum absolute atomic E-state index is 4.27. The second kappa shape index (κ2) is 7.98. The molecule has 136 valence electrons. The Morgan fingerprint density at radius 3 is 2.69 bits per heavy atom. The fourth-order valence-corrected chi connectivity index (χ4v) is 3.94. The lowest BCUT2D eigenvalue weighted by molar-refractivity contribution is 0.147. The molecule has 1 fully saturated rings. The van der Waals surface area contributed by atoms with E-state index >= 15 is 0 Å². The number of fused-ring (bicyclic) bond motifs is 1. The predicted molar refractivity (Wildman–Crippen MR) is 104 cm³/mol. The molecular formula is C21H27N5. The van der Waals surface area contributed by atoms with Crippen molar-refractivity contribution in [3.63, 3.8) is 0 Å². The fraction of sp³-hybridized carbons (Fsp3) is 0.429. The van der Waals surface area contributed by atoms with Gasteiger partial charge >= 0.3 is 0 Å². The van der Waals surface area contributed by atoms with Crippen LogP contribution in [0.15, 0.2) is 55.0 Å². The van der Waals surface area contributed by atoms with Crippen LogP contribution >= 0.6 is 0 Å². The van der Waals surface area contributed by atoms with E-state index in [9.17, 15) is 0 Å². The summed E-state index contributed by atoms with van der Waals surface area (Å²) in [4.78, 5) is 9.31. The van der Waals surface area contributed by atoms with Gasteiger partial charge in [-0.25, -0.2) is 9.50 Å². The smallest absolute Gasteiger partial charge is 0.155 e. The summed E-state index contributed by atoms with van der Waals surface area (Å²) in [5.74, 6) is 0.795. The number of rotatable bonds is 6. The van der Waals surface area contributed by atoms with Crippen molar-refractivity contribution >= 4 is 5.65 Å². The van der Waals surface area contributed by atoms with Crippen molar-refractivity contribution in [3.8, 4) is 0 Å². The largest absolute Gasteiger partial charge is 0.302 e. The van der Waals surface area contributed by atoms with E-state index in [1.165, 1.54) is 37.1 Å². The SMILES string of the molecule is CN(Cc1ccn2ncnc2c1)CC1CCN(Cc2ccccc2)CC1. The Kier molecular flexibility index (Phi) is 5.27. The average Bonchev–Trinajstić information content (AvgIpc) is 3.12. The predicted octanol–water partition coefficient (Wildman–Crippen LogP) is 3.07. The van der Waals surface area contributed by atoms with Gasteiger partial charge in [-0.2, -0.15) is 5.10 Å². The van der Waals surface area contributed by atoms with Gasteiger partial charge in [-0.3, -0.25) is 4.90 Å². The molecule has 0 atom stereocenters. The molecule has 0 saturated carbocycles. The molecule has 0 amide bonds. The van der Waals surface area contributed by atoms with Gasteiger partial charge < -0.3 is 4.90 Å². The minimum absolute atomic E-state index is 0.795. The van der Waals surface area contributed by atoms with Gasteiger partial charge in [0.1, 0.15) is 6.33 Å². The van der Waals surface area contributed by atoms with Crippen molar-refractivity contribution in [1.29, 1.82) is 0 Å². The van der Waals surface area contributed by atoms with Crippen molar-refractivity contribution < 1.29 is 0 Å². The first-order valence-electron chi connectivity index (χ1n) is 9.49. The highest BCUT2D eigenvalue weighted by Gasteiger charge is 2.20. The van der Waals surface area contributed by atoms with Crippen LogP contribution in [0.1, 0.15) is 24.0 Å². The van der Waals surface area contributed by atoms with Crippen LogP contribution in [0.5, 0.6) is 0 Å². The summed E-state index contributed by atoms with van der Waals surface area (Å²) < 4.78 is 1.81. The molecular weight excluding hydrogens is 322 g/mol. The zero-order chi connectivity index (χ0) is 17.8. The summed E-state index contributed by atoms with van der Waals surface area (Å²) in [7, 11) is 2.23. The Bertz CT molecular complexity index is 821. The van der Waals surface area contributed by atoms with Gasteiger partial charge in [0.05, 0.1) is 0 Å². The topological polar surface area (TPSA) is 36.7 Å². The molecule has 5 nitrogen and oxygen atoms in total. The van der Waals surface area contributed by atoms with E-state index in [4.69, 9.17) is 0 Å². The summed E-state index contributed by atoms with van der Waals surface area (Å²) in [5.41, 5.74) is 3.64. The Labute approximate surface area is 155 Å². The molecule has 0 aliphatic carbocycles. The van der Waals surface area contributed by atoms with E-state index in [0.29, 0.717) is 0 Å². The number of pyridine rings is 1. The monoisotopic (exact) mass is 349 g/mol.